The first-order valence-electron chi connectivity index (χ1n) is 9.18. The molecule has 0 aliphatic rings. The molecule has 1 amide bonds. The molecule has 2 aromatic carbocycles. The molecule has 0 fully saturated rings. The predicted octanol–water partition coefficient (Wildman–Crippen LogP) is 4.47. The number of non-ortho nitro benzene ring substituents is 1. The number of hydrogen-bond acceptors (Lipinski definition) is 7. The molecule has 9 nitrogen and oxygen atoms in total. The maximum Gasteiger partial charge on any atom is 0.277 e. The van der Waals surface area contributed by atoms with Gasteiger partial charge in [0.2, 0.25) is 0 Å². The summed E-state index contributed by atoms with van der Waals surface area (Å²) in [5, 5.41) is 18.4. The number of nitrogens with zero attached hydrogens (tertiary/aromatic N) is 4. The normalized spacial score (nSPS) is 10.6. The number of carbonyl (C=O) groups excluding carboxylic acids is 1. The first-order valence-corrected chi connectivity index (χ1v) is 10.00. The molecule has 4 rings (SSSR count). The van der Waals surface area contributed by atoms with Crippen molar-refractivity contribution in [3.05, 3.63) is 81.5 Å². The van der Waals surface area contributed by atoms with Crippen LogP contribution in [0.25, 0.3) is 16.9 Å². The van der Waals surface area contributed by atoms with Gasteiger partial charge >= 0.3 is 0 Å². The Balaban J connectivity index is 1.52. The van der Waals surface area contributed by atoms with Gasteiger partial charge in [0.05, 0.1) is 23.4 Å². The quantitative estimate of drug-likeness (QED) is 0.353. The second-order valence-electron chi connectivity index (χ2n) is 6.53. The van der Waals surface area contributed by atoms with E-state index in [1.807, 2.05) is 31.2 Å². The smallest absolute Gasteiger partial charge is 0.277 e. The lowest BCUT2D eigenvalue weighted by atomic mass is 10.1. The van der Waals surface area contributed by atoms with Crippen LogP contribution < -0.4 is 10.1 Å². The highest BCUT2D eigenvalue weighted by Crippen LogP contribution is 2.31. The molecule has 0 spiro atoms. The fourth-order valence-electron chi connectivity index (χ4n) is 2.97. The fraction of sp³-hybridized carbons (Fsp3) is 0.0952. The van der Waals surface area contributed by atoms with Crippen LogP contribution in [-0.4, -0.2) is 32.7 Å². The van der Waals surface area contributed by atoms with Gasteiger partial charge in [0, 0.05) is 28.8 Å². The monoisotopic (exact) mass is 435 g/mol. The van der Waals surface area contributed by atoms with Crippen molar-refractivity contribution in [2.75, 3.05) is 12.4 Å². The maximum atomic E-state index is 12.6. The van der Waals surface area contributed by atoms with E-state index >= 15 is 0 Å². The number of aromatic nitrogens is 3. The van der Waals surface area contributed by atoms with E-state index < -0.39 is 10.8 Å². The summed E-state index contributed by atoms with van der Waals surface area (Å²) < 4.78 is 6.59. The van der Waals surface area contributed by atoms with Crippen LogP contribution in [-0.2, 0) is 0 Å². The maximum absolute atomic E-state index is 12.6. The Hall–Kier alpha value is -4.05. The zero-order chi connectivity index (χ0) is 22.0. The number of anilines is 1. The average molecular weight is 435 g/mol. The topological polar surface area (TPSA) is 112 Å². The van der Waals surface area contributed by atoms with Crippen LogP contribution >= 0.6 is 11.3 Å². The molecule has 2 heterocycles. The van der Waals surface area contributed by atoms with E-state index in [0.29, 0.717) is 10.8 Å². The van der Waals surface area contributed by atoms with E-state index in [-0.39, 0.29) is 11.4 Å². The van der Waals surface area contributed by atoms with Crippen molar-refractivity contribution in [3.63, 3.8) is 0 Å². The molecule has 1 N–H and O–H groups in total. The summed E-state index contributed by atoms with van der Waals surface area (Å²) in [5.41, 5.74) is 2.31. The minimum absolute atomic E-state index is 0.0525. The number of rotatable bonds is 6. The largest absolute Gasteiger partial charge is 0.497 e. The van der Waals surface area contributed by atoms with E-state index in [9.17, 15) is 14.9 Å². The van der Waals surface area contributed by atoms with Crippen molar-refractivity contribution >= 4 is 28.1 Å². The lowest BCUT2D eigenvalue weighted by Gasteiger charge is -2.02. The molecule has 0 bridgehead atoms. The Morgan fingerprint density at radius 1 is 1.19 bits per heavy atom. The summed E-state index contributed by atoms with van der Waals surface area (Å²) in [6.45, 7) is 1.93. The highest BCUT2D eigenvalue weighted by Gasteiger charge is 2.16. The van der Waals surface area contributed by atoms with E-state index in [4.69, 9.17) is 4.74 Å². The second-order valence-corrected chi connectivity index (χ2v) is 7.73. The molecule has 0 aliphatic heterocycles. The first kappa shape index (κ1) is 20.2. The van der Waals surface area contributed by atoms with Crippen LogP contribution in [0.3, 0.4) is 0 Å². The third-order valence-electron chi connectivity index (χ3n) is 4.51. The van der Waals surface area contributed by atoms with Gasteiger partial charge in [-0.3, -0.25) is 20.2 Å². The Morgan fingerprint density at radius 2 is 1.97 bits per heavy atom. The summed E-state index contributed by atoms with van der Waals surface area (Å²) >= 11 is 1.37. The summed E-state index contributed by atoms with van der Waals surface area (Å²) in [6, 6.07) is 15.1. The van der Waals surface area contributed by atoms with Gasteiger partial charge in [0.25, 0.3) is 11.6 Å². The van der Waals surface area contributed by atoms with E-state index in [1.165, 1.54) is 28.2 Å². The predicted molar refractivity (Wildman–Crippen MR) is 117 cm³/mol. The van der Waals surface area contributed by atoms with Crippen molar-refractivity contribution in [2.45, 2.75) is 6.92 Å². The minimum Gasteiger partial charge on any atom is -0.497 e. The number of methoxy groups -OCH3 is 1. The lowest BCUT2D eigenvalue weighted by Crippen LogP contribution is -2.13. The Kier molecular flexibility index (Phi) is 5.46. The Morgan fingerprint density at radius 3 is 2.68 bits per heavy atom. The van der Waals surface area contributed by atoms with Gasteiger partial charge in [-0.25, -0.2) is 9.67 Å². The molecule has 10 heteroatoms. The van der Waals surface area contributed by atoms with Gasteiger partial charge in [-0.15, -0.1) is 11.3 Å². The summed E-state index contributed by atoms with van der Waals surface area (Å²) in [7, 11) is 1.61. The van der Waals surface area contributed by atoms with Gasteiger partial charge in [-0.1, -0.05) is 6.07 Å². The van der Waals surface area contributed by atoms with E-state index in [0.717, 1.165) is 21.9 Å². The highest BCUT2D eigenvalue weighted by molar-refractivity contribution is 7.16. The van der Waals surface area contributed by atoms with Gasteiger partial charge in [0.15, 0.2) is 10.8 Å². The van der Waals surface area contributed by atoms with Crippen LogP contribution in [0, 0.1) is 17.0 Å². The molecule has 31 heavy (non-hydrogen) atoms. The van der Waals surface area contributed by atoms with Crippen molar-refractivity contribution in [2.24, 2.45) is 0 Å². The highest BCUT2D eigenvalue weighted by atomic mass is 32.1. The van der Waals surface area contributed by atoms with Crippen molar-refractivity contribution < 1.29 is 14.5 Å². The first-order chi connectivity index (χ1) is 14.9. The van der Waals surface area contributed by atoms with Crippen LogP contribution in [0.5, 0.6) is 5.75 Å². The van der Waals surface area contributed by atoms with Gasteiger partial charge in [-0.2, -0.15) is 5.10 Å². The number of hydrogen-bond donors (Lipinski definition) is 1. The molecule has 0 saturated carbocycles. The van der Waals surface area contributed by atoms with Crippen molar-refractivity contribution in [3.8, 4) is 22.7 Å². The summed E-state index contributed by atoms with van der Waals surface area (Å²) in [6.07, 6.45) is 1.57. The SMILES string of the molecule is COc1ccc(-c2nc(NC(=O)c3ccn(-c4cccc([N+](=O)[O-])c4)n3)sc2C)cc1. The van der Waals surface area contributed by atoms with Crippen LogP contribution in [0.1, 0.15) is 15.4 Å². The number of nitro benzene ring substituents is 1. The average Bonchev–Trinajstić information content (AvgIpc) is 3.41. The van der Waals surface area contributed by atoms with Crippen LogP contribution in [0.15, 0.2) is 60.8 Å². The molecule has 0 saturated heterocycles. The van der Waals surface area contributed by atoms with E-state index in [2.05, 4.69) is 15.4 Å². The Labute approximate surface area is 181 Å². The third-order valence-corrected chi connectivity index (χ3v) is 5.39. The Bertz CT molecular complexity index is 1260. The fourth-order valence-corrected chi connectivity index (χ4v) is 3.80. The zero-order valence-corrected chi connectivity index (χ0v) is 17.4. The molecule has 4 aromatic rings. The third kappa shape index (κ3) is 4.28. The molecule has 0 aliphatic carbocycles. The molecule has 2 aromatic heterocycles. The minimum atomic E-state index is -0.480. The number of nitro groups is 1. The number of benzene rings is 2. The molecule has 0 unspecified atom stereocenters. The summed E-state index contributed by atoms with van der Waals surface area (Å²) in [4.78, 5) is 28.6. The summed E-state index contributed by atoms with van der Waals surface area (Å²) in [5.74, 6) is 0.337. The van der Waals surface area contributed by atoms with Crippen molar-refractivity contribution in [1.29, 1.82) is 0 Å². The number of aryl methyl sites for hydroxylation is 1. The number of carbonyl (C=O) groups is 1. The molecule has 156 valence electrons. The van der Waals surface area contributed by atoms with Gasteiger partial charge < -0.3 is 4.74 Å². The molecule has 0 atom stereocenters. The zero-order valence-electron chi connectivity index (χ0n) is 16.6. The second kappa shape index (κ2) is 8.36. The molecular weight excluding hydrogens is 418 g/mol. The standard InChI is InChI=1S/C21H17N5O4S/c1-13-19(14-6-8-17(30-2)9-7-14)22-21(31-13)23-20(27)18-10-11-25(24-18)15-4-3-5-16(12-15)26(28)29/h3-12H,1-2H3,(H,22,23,27). The number of nitrogens with one attached hydrogen (secondary N) is 1. The number of amides is 1. The van der Waals surface area contributed by atoms with Crippen LogP contribution in [0.4, 0.5) is 10.8 Å². The van der Waals surface area contributed by atoms with E-state index in [1.54, 1.807) is 31.5 Å². The number of ether oxygens (including phenoxy) is 1. The van der Waals surface area contributed by atoms with Crippen molar-refractivity contribution in [1.82, 2.24) is 14.8 Å². The lowest BCUT2D eigenvalue weighted by molar-refractivity contribution is -0.384. The number of thiazole rings is 1. The van der Waals surface area contributed by atoms with Crippen LogP contribution in [0.2, 0.25) is 0 Å². The van der Waals surface area contributed by atoms with Gasteiger partial charge in [-0.05, 0) is 43.3 Å². The molecular formula is C21H17N5O4S. The molecule has 0 radical (unpaired) electrons. The van der Waals surface area contributed by atoms with Gasteiger partial charge in [0.1, 0.15) is 5.75 Å².